The molecule has 100 valence electrons. The van der Waals surface area contributed by atoms with Gasteiger partial charge in [-0.2, -0.15) is 0 Å². The van der Waals surface area contributed by atoms with Crippen LogP contribution in [0.2, 0.25) is 0 Å². The van der Waals surface area contributed by atoms with Crippen molar-refractivity contribution in [1.82, 2.24) is 10.2 Å². The van der Waals surface area contributed by atoms with Crippen molar-refractivity contribution in [3.8, 4) is 0 Å². The minimum atomic E-state index is 0.0266. The molecule has 0 radical (unpaired) electrons. The third kappa shape index (κ3) is 3.31. The standard InChI is InChI=1S/C13H20N2O2S/c1-3-10-4-7-18-12(10)13(16)14-8-11-9-15(2)5-6-17-11/h4,7,11H,3,5-6,8-9H2,1-2H3,(H,14,16). The lowest BCUT2D eigenvalue weighted by molar-refractivity contribution is -0.0174. The van der Waals surface area contributed by atoms with Gasteiger partial charge in [-0.05, 0) is 30.5 Å². The van der Waals surface area contributed by atoms with Gasteiger partial charge in [0.2, 0.25) is 0 Å². The number of carbonyl (C=O) groups is 1. The minimum Gasteiger partial charge on any atom is -0.374 e. The molecule has 0 saturated carbocycles. The highest BCUT2D eigenvalue weighted by Gasteiger charge is 2.19. The van der Waals surface area contributed by atoms with Crippen LogP contribution < -0.4 is 5.32 Å². The molecule has 5 heteroatoms. The molecule has 2 heterocycles. The minimum absolute atomic E-state index is 0.0266. The van der Waals surface area contributed by atoms with Gasteiger partial charge in [0.05, 0.1) is 17.6 Å². The zero-order valence-electron chi connectivity index (χ0n) is 10.9. The number of carbonyl (C=O) groups excluding carboxylic acids is 1. The summed E-state index contributed by atoms with van der Waals surface area (Å²) in [4.78, 5) is 15.1. The van der Waals surface area contributed by atoms with Gasteiger partial charge in [-0.1, -0.05) is 6.92 Å². The second-order valence-electron chi connectivity index (χ2n) is 4.59. The Bertz CT molecular complexity index is 405. The third-order valence-corrected chi connectivity index (χ3v) is 4.12. The van der Waals surface area contributed by atoms with Crippen LogP contribution in [0.5, 0.6) is 0 Å². The summed E-state index contributed by atoms with van der Waals surface area (Å²) in [5.74, 6) is 0.0266. The van der Waals surface area contributed by atoms with E-state index in [1.807, 2.05) is 11.4 Å². The number of nitrogens with zero attached hydrogens (tertiary/aromatic N) is 1. The van der Waals surface area contributed by atoms with Crippen LogP contribution in [0.15, 0.2) is 11.4 Å². The first kappa shape index (κ1) is 13.5. The van der Waals surface area contributed by atoms with Gasteiger partial charge in [0.1, 0.15) is 0 Å². The Balaban J connectivity index is 1.84. The molecule has 4 nitrogen and oxygen atoms in total. The number of aryl methyl sites for hydroxylation is 1. The van der Waals surface area contributed by atoms with Crippen molar-refractivity contribution in [2.75, 3.05) is 33.3 Å². The number of thiophene rings is 1. The summed E-state index contributed by atoms with van der Waals surface area (Å²) in [5.41, 5.74) is 1.12. The van der Waals surface area contributed by atoms with Crippen LogP contribution in [-0.4, -0.2) is 50.2 Å². The van der Waals surface area contributed by atoms with Crippen LogP contribution in [0.1, 0.15) is 22.2 Å². The Morgan fingerprint density at radius 1 is 1.67 bits per heavy atom. The zero-order valence-corrected chi connectivity index (χ0v) is 11.8. The van der Waals surface area contributed by atoms with Crippen LogP contribution in [0.25, 0.3) is 0 Å². The van der Waals surface area contributed by atoms with E-state index in [0.29, 0.717) is 6.54 Å². The summed E-state index contributed by atoms with van der Waals surface area (Å²) in [6, 6.07) is 2.02. The van der Waals surface area contributed by atoms with Crippen LogP contribution >= 0.6 is 11.3 Å². The molecule has 1 aliphatic heterocycles. The first-order valence-corrected chi connectivity index (χ1v) is 7.23. The number of nitrogens with one attached hydrogen (secondary N) is 1. The number of ether oxygens (including phenoxy) is 1. The quantitative estimate of drug-likeness (QED) is 0.897. The first-order chi connectivity index (χ1) is 8.70. The molecule has 1 aromatic rings. The van der Waals surface area contributed by atoms with Crippen molar-refractivity contribution in [3.63, 3.8) is 0 Å². The van der Waals surface area contributed by atoms with E-state index in [1.165, 1.54) is 11.3 Å². The maximum Gasteiger partial charge on any atom is 0.261 e. The molecule has 1 fully saturated rings. The molecule has 18 heavy (non-hydrogen) atoms. The highest BCUT2D eigenvalue weighted by Crippen LogP contribution is 2.17. The maximum absolute atomic E-state index is 12.0. The number of amides is 1. The van der Waals surface area contributed by atoms with Gasteiger partial charge in [0.15, 0.2) is 0 Å². The monoisotopic (exact) mass is 268 g/mol. The van der Waals surface area contributed by atoms with E-state index in [9.17, 15) is 4.79 Å². The largest absolute Gasteiger partial charge is 0.374 e. The second kappa shape index (κ2) is 6.31. The summed E-state index contributed by atoms with van der Waals surface area (Å²) in [6.45, 7) is 5.25. The van der Waals surface area contributed by atoms with Gasteiger partial charge in [-0.3, -0.25) is 4.79 Å². The fourth-order valence-electron chi connectivity index (χ4n) is 2.09. The molecular formula is C13H20N2O2S. The Hall–Kier alpha value is -0.910. The van der Waals surface area contributed by atoms with Crippen molar-refractivity contribution in [2.45, 2.75) is 19.4 Å². The average Bonchev–Trinajstić information content (AvgIpc) is 2.84. The van der Waals surface area contributed by atoms with E-state index in [0.717, 1.165) is 36.6 Å². The molecule has 1 atom stereocenters. The third-order valence-electron chi connectivity index (χ3n) is 3.17. The smallest absolute Gasteiger partial charge is 0.261 e. The summed E-state index contributed by atoms with van der Waals surface area (Å²) in [7, 11) is 2.08. The summed E-state index contributed by atoms with van der Waals surface area (Å²) in [5, 5.41) is 4.94. The van der Waals surface area contributed by atoms with Gasteiger partial charge in [0, 0.05) is 19.6 Å². The lowest BCUT2D eigenvalue weighted by Crippen LogP contribution is -2.45. The summed E-state index contributed by atoms with van der Waals surface area (Å²) in [6.07, 6.45) is 1.01. The molecule has 1 amide bonds. The molecule has 0 aliphatic carbocycles. The molecule has 1 N–H and O–H groups in total. The average molecular weight is 268 g/mol. The molecule has 1 saturated heterocycles. The van der Waals surface area contributed by atoms with Gasteiger partial charge in [0.25, 0.3) is 5.91 Å². The van der Waals surface area contributed by atoms with E-state index < -0.39 is 0 Å². The van der Waals surface area contributed by atoms with E-state index in [1.54, 1.807) is 0 Å². The predicted octanol–water partition coefficient (Wildman–Crippen LogP) is 1.37. The molecule has 0 bridgehead atoms. The van der Waals surface area contributed by atoms with Gasteiger partial charge in [-0.25, -0.2) is 0 Å². The van der Waals surface area contributed by atoms with E-state index in [4.69, 9.17) is 4.74 Å². The lowest BCUT2D eigenvalue weighted by Gasteiger charge is -2.30. The van der Waals surface area contributed by atoms with Crippen molar-refractivity contribution in [1.29, 1.82) is 0 Å². The Morgan fingerprint density at radius 3 is 3.22 bits per heavy atom. The molecular weight excluding hydrogens is 248 g/mol. The molecule has 0 spiro atoms. The fourth-order valence-corrected chi connectivity index (χ4v) is 3.00. The van der Waals surface area contributed by atoms with Crippen LogP contribution in [-0.2, 0) is 11.2 Å². The van der Waals surface area contributed by atoms with Gasteiger partial charge >= 0.3 is 0 Å². The number of hydrogen-bond acceptors (Lipinski definition) is 4. The first-order valence-electron chi connectivity index (χ1n) is 6.35. The fraction of sp³-hybridized carbons (Fsp3) is 0.615. The van der Waals surface area contributed by atoms with E-state index in [2.05, 4.69) is 24.2 Å². The molecule has 0 aromatic carbocycles. The predicted molar refractivity (Wildman–Crippen MR) is 73.3 cm³/mol. The lowest BCUT2D eigenvalue weighted by atomic mass is 10.2. The second-order valence-corrected chi connectivity index (χ2v) is 5.51. The molecule has 1 unspecified atom stereocenters. The van der Waals surface area contributed by atoms with Crippen LogP contribution in [0.4, 0.5) is 0 Å². The number of likely N-dealkylation sites (N-methyl/N-ethyl adjacent to an activating group) is 1. The molecule has 1 aromatic heterocycles. The maximum atomic E-state index is 12.0. The topological polar surface area (TPSA) is 41.6 Å². The van der Waals surface area contributed by atoms with Crippen LogP contribution in [0.3, 0.4) is 0 Å². The highest BCUT2D eigenvalue weighted by molar-refractivity contribution is 7.12. The Labute approximate surface area is 112 Å². The Kier molecular flexibility index (Phi) is 4.74. The zero-order chi connectivity index (χ0) is 13.0. The number of rotatable bonds is 4. The highest BCUT2D eigenvalue weighted by atomic mass is 32.1. The van der Waals surface area contributed by atoms with Gasteiger partial charge in [-0.15, -0.1) is 11.3 Å². The van der Waals surface area contributed by atoms with Gasteiger partial charge < -0.3 is 15.0 Å². The summed E-state index contributed by atoms with van der Waals surface area (Å²) < 4.78 is 5.62. The van der Waals surface area contributed by atoms with E-state index >= 15 is 0 Å². The number of morpholine rings is 1. The van der Waals surface area contributed by atoms with Crippen molar-refractivity contribution in [2.24, 2.45) is 0 Å². The van der Waals surface area contributed by atoms with Crippen molar-refractivity contribution >= 4 is 17.2 Å². The van der Waals surface area contributed by atoms with E-state index in [-0.39, 0.29) is 12.0 Å². The molecule has 1 aliphatic rings. The number of hydrogen-bond donors (Lipinski definition) is 1. The summed E-state index contributed by atoms with van der Waals surface area (Å²) >= 11 is 1.51. The van der Waals surface area contributed by atoms with Crippen LogP contribution in [0, 0.1) is 0 Å². The van der Waals surface area contributed by atoms with Crippen molar-refractivity contribution < 1.29 is 9.53 Å². The molecule has 2 rings (SSSR count). The Morgan fingerprint density at radius 2 is 2.50 bits per heavy atom. The van der Waals surface area contributed by atoms with Crippen molar-refractivity contribution in [3.05, 3.63) is 21.9 Å². The normalized spacial score (nSPS) is 20.9. The SMILES string of the molecule is CCc1ccsc1C(=O)NCC1CN(C)CCO1.